The van der Waals surface area contributed by atoms with E-state index in [9.17, 15) is 4.79 Å². The van der Waals surface area contributed by atoms with Gasteiger partial charge >= 0.3 is 0 Å². The number of amides is 1. The largest absolute Gasteiger partial charge is 0.490 e. The first-order valence-electron chi connectivity index (χ1n) is 11.3. The topological polar surface area (TPSA) is 90.1 Å². The van der Waals surface area contributed by atoms with Gasteiger partial charge in [0.1, 0.15) is 5.75 Å². The molecule has 1 fully saturated rings. The van der Waals surface area contributed by atoms with Crippen molar-refractivity contribution in [3.8, 4) is 16.9 Å². The number of rotatable bonds is 6. The lowest BCUT2D eigenvalue weighted by Gasteiger charge is -2.17. The van der Waals surface area contributed by atoms with Crippen LogP contribution in [0.4, 0.5) is 11.6 Å². The first-order valence-corrected chi connectivity index (χ1v) is 11.7. The van der Waals surface area contributed by atoms with E-state index in [1.165, 1.54) is 12.8 Å². The number of nitrogens with zero attached hydrogens (tertiary/aromatic N) is 2. The van der Waals surface area contributed by atoms with Crippen LogP contribution in [0.2, 0.25) is 5.02 Å². The second-order valence-electron chi connectivity index (χ2n) is 8.79. The van der Waals surface area contributed by atoms with Crippen LogP contribution in [0.15, 0.2) is 60.8 Å². The van der Waals surface area contributed by atoms with Crippen LogP contribution >= 0.6 is 11.6 Å². The lowest BCUT2D eigenvalue weighted by molar-refractivity contribution is 0.102. The number of anilines is 2. The van der Waals surface area contributed by atoms with Gasteiger partial charge in [0.15, 0.2) is 0 Å². The van der Waals surface area contributed by atoms with Crippen molar-refractivity contribution in [2.75, 3.05) is 11.1 Å². The third kappa shape index (κ3) is 4.68. The Kier molecular flexibility index (Phi) is 5.84. The van der Waals surface area contributed by atoms with Gasteiger partial charge in [-0.1, -0.05) is 17.7 Å². The zero-order valence-electron chi connectivity index (χ0n) is 19.0. The van der Waals surface area contributed by atoms with Crippen molar-refractivity contribution in [1.29, 1.82) is 0 Å². The Bertz CT molecular complexity index is 1400. The van der Waals surface area contributed by atoms with Gasteiger partial charge in [-0.2, -0.15) is 0 Å². The van der Waals surface area contributed by atoms with Crippen LogP contribution in [0.5, 0.6) is 5.75 Å². The van der Waals surface area contributed by atoms with E-state index in [1.54, 1.807) is 24.4 Å². The van der Waals surface area contributed by atoms with Gasteiger partial charge in [0.25, 0.3) is 5.91 Å². The zero-order chi connectivity index (χ0) is 23.8. The summed E-state index contributed by atoms with van der Waals surface area (Å²) in [7, 11) is 0. The normalized spacial score (nSPS) is 14.1. The molecule has 1 amide bonds. The predicted molar refractivity (Wildman–Crippen MR) is 136 cm³/mol. The highest BCUT2D eigenvalue weighted by molar-refractivity contribution is 6.33. The Morgan fingerprint density at radius 2 is 1.97 bits per heavy atom. The number of hydrogen-bond acceptors (Lipinski definition) is 5. The maximum absolute atomic E-state index is 13.0. The molecule has 0 radical (unpaired) electrons. The number of halogens is 1. The van der Waals surface area contributed by atoms with Gasteiger partial charge in [0.2, 0.25) is 5.95 Å². The molecular weight excluding hydrogens is 448 g/mol. The SMILES string of the molecule is Cc1cc(NC(=O)c2ccc(Cl)c(-c3ccc4nc(N)ncc4c3)c2)ccc1OC(C)C1CC1. The van der Waals surface area contributed by atoms with Gasteiger partial charge in [-0.05, 0) is 92.3 Å². The van der Waals surface area contributed by atoms with Crippen molar-refractivity contribution < 1.29 is 9.53 Å². The molecule has 4 aromatic rings. The van der Waals surface area contributed by atoms with E-state index in [0.29, 0.717) is 22.2 Å². The summed E-state index contributed by atoms with van der Waals surface area (Å²) in [6.45, 7) is 4.10. The minimum atomic E-state index is -0.214. The first-order chi connectivity index (χ1) is 16.4. The summed E-state index contributed by atoms with van der Waals surface area (Å²) in [4.78, 5) is 21.3. The molecule has 0 aliphatic heterocycles. The Hall–Kier alpha value is -3.64. The molecule has 6 nitrogen and oxygen atoms in total. The van der Waals surface area contributed by atoms with Crippen molar-refractivity contribution in [3.05, 3.63) is 76.9 Å². The molecule has 172 valence electrons. The van der Waals surface area contributed by atoms with E-state index in [1.807, 2.05) is 43.3 Å². The van der Waals surface area contributed by atoms with Crippen molar-refractivity contribution in [3.63, 3.8) is 0 Å². The van der Waals surface area contributed by atoms with Gasteiger partial charge in [0.05, 0.1) is 11.6 Å². The number of carbonyl (C=O) groups excluding carboxylic acids is 1. The summed E-state index contributed by atoms with van der Waals surface area (Å²) in [5.41, 5.74) is 10.2. The Morgan fingerprint density at radius 3 is 2.74 bits per heavy atom. The smallest absolute Gasteiger partial charge is 0.255 e. The standard InChI is InChI=1S/C27H25ClN4O2/c1-15-11-21(7-10-25(15)34-16(2)17-3-4-17)31-26(33)19-5-8-23(28)22(13-19)18-6-9-24-20(12-18)14-30-27(29)32-24/h5-14,16-17H,3-4H2,1-2H3,(H,31,33)(H2,29,30,32). The number of benzene rings is 3. The summed E-state index contributed by atoms with van der Waals surface area (Å²) in [5, 5.41) is 4.37. The first kappa shape index (κ1) is 22.2. The van der Waals surface area contributed by atoms with Gasteiger partial charge in [-0.15, -0.1) is 0 Å². The summed E-state index contributed by atoms with van der Waals surface area (Å²) in [5.74, 6) is 1.53. The molecule has 3 aromatic carbocycles. The van der Waals surface area contributed by atoms with Crippen LogP contribution in [-0.2, 0) is 0 Å². The van der Waals surface area contributed by atoms with E-state index >= 15 is 0 Å². The maximum atomic E-state index is 13.0. The Labute approximate surface area is 203 Å². The average molecular weight is 473 g/mol. The fourth-order valence-electron chi connectivity index (χ4n) is 4.03. The minimum absolute atomic E-state index is 0.214. The van der Waals surface area contributed by atoms with Gasteiger partial charge in [0, 0.05) is 33.4 Å². The second-order valence-corrected chi connectivity index (χ2v) is 9.20. The monoisotopic (exact) mass is 472 g/mol. The lowest BCUT2D eigenvalue weighted by Crippen LogP contribution is -2.15. The number of nitrogens with one attached hydrogen (secondary N) is 1. The molecule has 1 aliphatic rings. The number of carbonyl (C=O) groups is 1. The highest BCUT2D eigenvalue weighted by Gasteiger charge is 2.29. The van der Waals surface area contributed by atoms with Crippen LogP contribution < -0.4 is 15.8 Å². The van der Waals surface area contributed by atoms with Crippen molar-refractivity contribution in [1.82, 2.24) is 9.97 Å². The van der Waals surface area contributed by atoms with Gasteiger partial charge in [-0.25, -0.2) is 9.97 Å². The second kappa shape index (κ2) is 8.95. The molecule has 34 heavy (non-hydrogen) atoms. The molecule has 3 N–H and O–H groups in total. The van der Waals surface area contributed by atoms with E-state index in [4.69, 9.17) is 22.1 Å². The number of aryl methyl sites for hydroxylation is 1. The number of nitrogen functional groups attached to an aromatic ring is 1. The number of nitrogens with two attached hydrogens (primary N) is 1. The van der Waals surface area contributed by atoms with Crippen LogP contribution in [0.1, 0.15) is 35.7 Å². The summed E-state index contributed by atoms with van der Waals surface area (Å²) >= 11 is 6.48. The quantitative estimate of drug-likeness (QED) is 0.345. The Balaban J connectivity index is 1.36. The van der Waals surface area contributed by atoms with Gasteiger partial charge in [-0.3, -0.25) is 4.79 Å². The third-order valence-corrected chi connectivity index (χ3v) is 6.50. The van der Waals surface area contributed by atoms with Crippen LogP contribution in [-0.4, -0.2) is 22.0 Å². The average Bonchev–Trinajstić information content (AvgIpc) is 3.66. The summed E-state index contributed by atoms with van der Waals surface area (Å²) < 4.78 is 6.09. The van der Waals surface area contributed by atoms with Gasteiger partial charge < -0.3 is 15.8 Å². The van der Waals surface area contributed by atoms with Crippen molar-refractivity contribution in [2.24, 2.45) is 5.92 Å². The fourth-order valence-corrected chi connectivity index (χ4v) is 4.25. The molecule has 0 saturated heterocycles. The molecule has 1 aromatic heterocycles. The van der Waals surface area contributed by atoms with Crippen molar-refractivity contribution in [2.45, 2.75) is 32.8 Å². The molecule has 1 saturated carbocycles. The van der Waals surface area contributed by atoms with Crippen LogP contribution in [0.25, 0.3) is 22.0 Å². The van der Waals surface area contributed by atoms with Crippen LogP contribution in [0.3, 0.4) is 0 Å². The number of fused-ring (bicyclic) bond motifs is 1. The van der Waals surface area contributed by atoms with E-state index in [2.05, 4.69) is 22.2 Å². The molecule has 1 unspecified atom stereocenters. The maximum Gasteiger partial charge on any atom is 0.255 e. The molecule has 1 atom stereocenters. The summed E-state index contributed by atoms with van der Waals surface area (Å²) in [6, 6.07) is 16.7. The predicted octanol–water partition coefficient (Wildman–Crippen LogP) is 6.27. The molecule has 7 heteroatoms. The number of ether oxygens (including phenoxy) is 1. The summed E-state index contributed by atoms with van der Waals surface area (Å²) in [6.07, 6.45) is 4.36. The molecule has 0 spiro atoms. The minimum Gasteiger partial charge on any atom is -0.490 e. The molecule has 1 heterocycles. The van der Waals surface area contributed by atoms with Crippen molar-refractivity contribution >= 4 is 40.0 Å². The zero-order valence-corrected chi connectivity index (χ0v) is 19.8. The van der Waals surface area contributed by atoms with E-state index in [0.717, 1.165) is 33.3 Å². The van der Waals surface area contributed by atoms with Crippen LogP contribution in [0, 0.1) is 12.8 Å². The van der Waals surface area contributed by atoms with E-state index in [-0.39, 0.29) is 18.0 Å². The molecular formula is C27H25ClN4O2. The molecule has 5 rings (SSSR count). The Morgan fingerprint density at radius 1 is 1.15 bits per heavy atom. The van der Waals surface area contributed by atoms with E-state index < -0.39 is 0 Å². The highest BCUT2D eigenvalue weighted by Crippen LogP contribution is 2.36. The molecule has 0 bridgehead atoms. The number of aromatic nitrogens is 2. The number of hydrogen-bond donors (Lipinski definition) is 2. The fraction of sp³-hybridized carbons (Fsp3) is 0.222. The lowest BCUT2D eigenvalue weighted by atomic mass is 10.0. The highest BCUT2D eigenvalue weighted by atomic mass is 35.5. The third-order valence-electron chi connectivity index (χ3n) is 6.17. The molecule has 1 aliphatic carbocycles.